The maximum atomic E-state index is 14.4. The molecule has 8 heteroatoms. The molecular formula is C24H22ClFN2O3S. The molecule has 1 atom stereocenters. The van der Waals surface area contributed by atoms with Gasteiger partial charge in [-0.25, -0.2) is 12.8 Å². The van der Waals surface area contributed by atoms with Crippen LogP contribution in [0.15, 0.2) is 77.7 Å². The maximum Gasteiger partial charge on any atom is 0.243 e. The van der Waals surface area contributed by atoms with Crippen molar-refractivity contribution < 1.29 is 17.6 Å². The van der Waals surface area contributed by atoms with Gasteiger partial charge in [-0.3, -0.25) is 4.79 Å². The monoisotopic (exact) mass is 472 g/mol. The lowest BCUT2D eigenvalue weighted by atomic mass is 10.1. The van der Waals surface area contributed by atoms with E-state index < -0.39 is 22.4 Å². The number of hydrogen-bond donors (Lipinski definition) is 0. The topological polar surface area (TPSA) is 57.7 Å². The Balaban J connectivity index is 1.69. The van der Waals surface area contributed by atoms with Gasteiger partial charge in [0.15, 0.2) is 0 Å². The van der Waals surface area contributed by atoms with E-state index in [9.17, 15) is 17.6 Å². The minimum Gasteiger partial charge on any atom is -0.308 e. The third-order valence-electron chi connectivity index (χ3n) is 5.54. The summed E-state index contributed by atoms with van der Waals surface area (Å²) >= 11 is 5.91. The summed E-state index contributed by atoms with van der Waals surface area (Å²) in [5, 5.41) is 0.392. The van der Waals surface area contributed by atoms with Crippen molar-refractivity contribution in [3.8, 4) is 0 Å². The number of carbonyl (C=O) groups is 1. The number of benzene rings is 3. The number of sulfonamides is 1. The van der Waals surface area contributed by atoms with Gasteiger partial charge in [-0.05, 0) is 55.3 Å². The fraction of sp³-hybridized carbons (Fsp3) is 0.208. The van der Waals surface area contributed by atoms with Gasteiger partial charge >= 0.3 is 0 Å². The molecule has 0 saturated carbocycles. The molecule has 0 aromatic heterocycles. The summed E-state index contributed by atoms with van der Waals surface area (Å²) in [6.07, 6.45) is 0.694. The van der Waals surface area contributed by atoms with Gasteiger partial charge < -0.3 is 4.90 Å². The van der Waals surface area contributed by atoms with Gasteiger partial charge in [0.2, 0.25) is 15.9 Å². The highest BCUT2D eigenvalue weighted by Crippen LogP contribution is 2.32. The second-order valence-electron chi connectivity index (χ2n) is 7.76. The molecule has 0 fully saturated rings. The minimum atomic E-state index is -4.09. The number of para-hydroxylation sites is 1. The number of fused-ring (bicyclic) bond motifs is 1. The molecule has 3 aromatic rings. The summed E-state index contributed by atoms with van der Waals surface area (Å²) in [5.74, 6) is -0.896. The second-order valence-corrected chi connectivity index (χ2v) is 10.1. The first-order valence-corrected chi connectivity index (χ1v) is 12.0. The molecule has 0 radical (unpaired) electrons. The fourth-order valence-electron chi connectivity index (χ4n) is 3.97. The molecule has 4 rings (SSSR count). The van der Waals surface area contributed by atoms with Crippen molar-refractivity contribution in [3.05, 3.63) is 94.8 Å². The first-order valence-electron chi connectivity index (χ1n) is 10.2. The summed E-state index contributed by atoms with van der Waals surface area (Å²) < 4.78 is 42.2. The van der Waals surface area contributed by atoms with E-state index in [0.717, 1.165) is 15.6 Å². The zero-order valence-electron chi connectivity index (χ0n) is 17.4. The molecule has 3 aromatic carbocycles. The Kier molecular flexibility index (Phi) is 6.33. The molecule has 0 aliphatic carbocycles. The van der Waals surface area contributed by atoms with Crippen molar-refractivity contribution >= 4 is 33.2 Å². The standard InChI is InChI=1S/C24H22ClFN2O3S/c1-17-14-18-6-3-5-9-23(18)28(17)24(29)16-27(15-19-7-2-4-8-22(19)26)32(30,31)21-12-10-20(25)11-13-21/h2-13,17H,14-16H2,1H3/t17-/m1/s1. The lowest BCUT2D eigenvalue weighted by Gasteiger charge is -2.27. The van der Waals surface area contributed by atoms with Crippen LogP contribution in [-0.2, 0) is 27.8 Å². The second kappa shape index (κ2) is 9.02. The summed E-state index contributed by atoms with van der Waals surface area (Å²) in [7, 11) is -4.09. The van der Waals surface area contributed by atoms with Gasteiger partial charge in [0.25, 0.3) is 0 Å². The Morgan fingerprint density at radius 3 is 2.44 bits per heavy atom. The van der Waals surface area contributed by atoms with Crippen molar-refractivity contribution in [1.82, 2.24) is 4.31 Å². The van der Waals surface area contributed by atoms with E-state index >= 15 is 0 Å². The molecular weight excluding hydrogens is 451 g/mol. The van der Waals surface area contributed by atoms with Crippen LogP contribution in [0.25, 0.3) is 0 Å². The Morgan fingerprint density at radius 2 is 1.72 bits per heavy atom. The van der Waals surface area contributed by atoms with Crippen LogP contribution in [0.1, 0.15) is 18.1 Å². The summed E-state index contributed by atoms with van der Waals surface area (Å²) in [6, 6.07) is 19.1. The van der Waals surface area contributed by atoms with E-state index in [4.69, 9.17) is 11.6 Å². The number of hydrogen-bond acceptors (Lipinski definition) is 3. The molecule has 1 heterocycles. The zero-order chi connectivity index (χ0) is 22.9. The van der Waals surface area contributed by atoms with Crippen molar-refractivity contribution in [2.45, 2.75) is 30.8 Å². The van der Waals surface area contributed by atoms with E-state index in [1.807, 2.05) is 31.2 Å². The smallest absolute Gasteiger partial charge is 0.243 e. The van der Waals surface area contributed by atoms with E-state index in [0.29, 0.717) is 11.4 Å². The van der Waals surface area contributed by atoms with Crippen molar-refractivity contribution in [3.63, 3.8) is 0 Å². The molecule has 0 saturated heterocycles. The third-order valence-corrected chi connectivity index (χ3v) is 7.60. The quantitative estimate of drug-likeness (QED) is 0.524. The first-order chi connectivity index (χ1) is 15.3. The Hall–Kier alpha value is -2.74. The first kappa shape index (κ1) is 22.5. The van der Waals surface area contributed by atoms with Crippen molar-refractivity contribution in [2.24, 2.45) is 0 Å². The normalized spacial score (nSPS) is 15.8. The Bertz CT molecular complexity index is 1250. The van der Waals surface area contributed by atoms with Gasteiger partial charge in [-0.1, -0.05) is 48.0 Å². The molecule has 1 aliphatic heterocycles. The zero-order valence-corrected chi connectivity index (χ0v) is 19.0. The number of amides is 1. The van der Waals surface area contributed by atoms with Crippen LogP contribution in [0, 0.1) is 5.82 Å². The average molecular weight is 473 g/mol. The maximum absolute atomic E-state index is 14.4. The van der Waals surface area contributed by atoms with Gasteiger partial charge in [0.05, 0.1) is 11.4 Å². The van der Waals surface area contributed by atoms with Crippen LogP contribution < -0.4 is 4.90 Å². The van der Waals surface area contributed by atoms with Crippen LogP contribution >= 0.6 is 11.6 Å². The number of halogens is 2. The molecule has 0 spiro atoms. The summed E-state index contributed by atoms with van der Waals surface area (Å²) in [5.41, 5.74) is 2.00. The van der Waals surface area contributed by atoms with Crippen LogP contribution in [0.5, 0.6) is 0 Å². The number of nitrogens with zero attached hydrogens (tertiary/aromatic N) is 2. The molecule has 5 nitrogen and oxygen atoms in total. The molecule has 1 aliphatic rings. The minimum absolute atomic E-state index is 0.0130. The van der Waals surface area contributed by atoms with Gasteiger partial charge in [-0.2, -0.15) is 4.31 Å². The Morgan fingerprint density at radius 1 is 1.06 bits per heavy atom. The predicted molar refractivity (Wildman–Crippen MR) is 123 cm³/mol. The van der Waals surface area contributed by atoms with Crippen LogP contribution in [0.3, 0.4) is 0 Å². The van der Waals surface area contributed by atoms with Crippen LogP contribution in [-0.4, -0.2) is 31.2 Å². The van der Waals surface area contributed by atoms with E-state index in [-0.39, 0.29) is 29.0 Å². The molecule has 1 amide bonds. The highest BCUT2D eigenvalue weighted by atomic mass is 35.5. The summed E-state index contributed by atoms with van der Waals surface area (Å²) in [6.45, 7) is 1.23. The highest BCUT2D eigenvalue weighted by Gasteiger charge is 2.34. The van der Waals surface area contributed by atoms with E-state index in [1.54, 1.807) is 11.0 Å². The molecule has 0 bridgehead atoms. The van der Waals surface area contributed by atoms with Gasteiger partial charge in [-0.15, -0.1) is 0 Å². The SMILES string of the molecule is C[C@@H]1Cc2ccccc2N1C(=O)CN(Cc1ccccc1F)S(=O)(=O)c1ccc(Cl)cc1. The Labute approximate surface area is 192 Å². The number of rotatable bonds is 6. The lowest BCUT2D eigenvalue weighted by molar-refractivity contribution is -0.119. The van der Waals surface area contributed by atoms with Crippen LogP contribution in [0.2, 0.25) is 5.02 Å². The largest absolute Gasteiger partial charge is 0.308 e. The number of carbonyl (C=O) groups excluding carboxylic acids is 1. The third kappa shape index (κ3) is 4.41. The molecule has 166 valence electrons. The summed E-state index contributed by atoms with van der Waals surface area (Å²) in [4.78, 5) is 15.0. The van der Waals surface area contributed by atoms with Gasteiger partial charge in [0.1, 0.15) is 5.82 Å². The predicted octanol–water partition coefficient (Wildman–Crippen LogP) is 4.65. The van der Waals surface area contributed by atoms with Crippen molar-refractivity contribution in [1.29, 1.82) is 0 Å². The highest BCUT2D eigenvalue weighted by molar-refractivity contribution is 7.89. The molecule has 0 N–H and O–H groups in total. The molecule has 32 heavy (non-hydrogen) atoms. The van der Waals surface area contributed by atoms with Crippen molar-refractivity contribution in [2.75, 3.05) is 11.4 Å². The fourth-order valence-corrected chi connectivity index (χ4v) is 5.46. The van der Waals surface area contributed by atoms with E-state index in [1.165, 1.54) is 42.5 Å². The molecule has 0 unspecified atom stereocenters. The average Bonchev–Trinajstić information content (AvgIpc) is 3.10. The number of anilines is 1. The van der Waals surface area contributed by atoms with E-state index in [2.05, 4.69) is 0 Å². The lowest BCUT2D eigenvalue weighted by Crippen LogP contribution is -2.44. The van der Waals surface area contributed by atoms with Gasteiger partial charge in [0, 0.05) is 28.9 Å². The van der Waals surface area contributed by atoms with Crippen LogP contribution in [0.4, 0.5) is 10.1 Å².